The molecule has 2 atom stereocenters. The van der Waals surface area contributed by atoms with Gasteiger partial charge in [-0.2, -0.15) is 5.10 Å². The summed E-state index contributed by atoms with van der Waals surface area (Å²) in [5.74, 6) is 1.62. The van der Waals surface area contributed by atoms with E-state index in [1.54, 1.807) is 28.8 Å². The maximum Gasteiger partial charge on any atom is 0.225 e. The lowest BCUT2D eigenvalue weighted by Gasteiger charge is -2.24. The number of thiophene rings is 1. The van der Waals surface area contributed by atoms with Gasteiger partial charge in [-0.25, -0.2) is 9.97 Å². The first-order chi connectivity index (χ1) is 15.9. The van der Waals surface area contributed by atoms with Gasteiger partial charge in [0.2, 0.25) is 5.91 Å². The Balaban J connectivity index is 1.54. The van der Waals surface area contributed by atoms with Crippen molar-refractivity contribution < 1.29 is 9.53 Å². The number of nitrogens with zero attached hydrogens (tertiary/aromatic N) is 4. The van der Waals surface area contributed by atoms with Gasteiger partial charge in [0.1, 0.15) is 28.8 Å². The summed E-state index contributed by atoms with van der Waals surface area (Å²) in [6.45, 7) is 2.34. The van der Waals surface area contributed by atoms with Crippen LogP contribution in [-0.2, 0) is 17.6 Å². The summed E-state index contributed by atoms with van der Waals surface area (Å²) >= 11 is 1.66. The maximum atomic E-state index is 12.5. The monoisotopic (exact) mass is 465 g/mol. The maximum absolute atomic E-state index is 12.5. The van der Waals surface area contributed by atoms with Gasteiger partial charge in [-0.3, -0.25) is 9.89 Å². The number of nitrogens with one attached hydrogen (secondary N) is 2. The molecule has 3 heterocycles. The lowest BCUT2D eigenvalue weighted by molar-refractivity contribution is -0.133. The van der Waals surface area contributed by atoms with Gasteiger partial charge in [0, 0.05) is 42.9 Å². The number of benzene rings is 1. The average molecular weight is 466 g/mol. The quantitative estimate of drug-likeness (QED) is 0.400. The minimum atomic E-state index is -0.142. The van der Waals surface area contributed by atoms with Gasteiger partial charge in [-0.05, 0) is 37.8 Å². The molecule has 3 aromatic heterocycles. The van der Waals surface area contributed by atoms with Crippen molar-refractivity contribution in [2.24, 2.45) is 11.7 Å². The highest BCUT2D eigenvalue weighted by molar-refractivity contribution is 7.19. The predicted octanol–water partition coefficient (Wildman–Crippen LogP) is 3.23. The van der Waals surface area contributed by atoms with E-state index in [0.717, 1.165) is 51.9 Å². The second kappa shape index (κ2) is 8.60. The smallest absolute Gasteiger partial charge is 0.225 e. The summed E-state index contributed by atoms with van der Waals surface area (Å²) in [6, 6.07) is 3.92. The van der Waals surface area contributed by atoms with Crippen LogP contribution in [0, 0.1) is 5.92 Å². The number of amides is 1. The van der Waals surface area contributed by atoms with Crippen molar-refractivity contribution in [1.82, 2.24) is 25.1 Å². The van der Waals surface area contributed by atoms with E-state index in [2.05, 4.69) is 25.5 Å². The number of aromatic nitrogens is 4. The van der Waals surface area contributed by atoms with Crippen LogP contribution in [0.5, 0.6) is 5.75 Å². The van der Waals surface area contributed by atoms with Gasteiger partial charge < -0.3 is 20.7 Å². The SMILES string of the molecule is C[C@@H](CN)Oc1cc2[nH]ncc2cc1Nc1ncnc2sc3c(c12)CC[C@H](C(=O)N(C)C)C3. The van der Waals surface area contributed by atoms with E-state index >= 15 is 0 Å². The molecule has 0 bridgehead atoms. The number of fused-ring (bicyclic) bond motifs is 4. The molecule has 0 aliphatic heterocycles. The first kappa shape index (κ1) is 21.6. The number of hydrogen-bond donors (Lipinski definition) is 3. The van der Waals surface area contributed by atoms with Crippen LogP contribution < -0.4 is 15.8 Å². The Bertz CT molecular complexity index is 1330. The van der Waals surface area contributed by atoms with Crippen molar-refractivity contribution in [2.75, 3.05) is 26.0 Å². The third-order valence-corrected chi connectivity index (χ3v) is 7.25. The zero-order chi connectivity index (χ0) is 23.1. The molecule has 0 fully saturated rings. The highest BCUT2D eigenvalue weighted by atomic mass is 32.1. The van der Waals surface area contributed by atoms with Crippen LogP contribution in [0.4, 0.5) is 11.5 Å². The molecule has 0 spiro atoms. The fourth-order valence-electron chi connectivity index (χ4n) is 4.34. The van der Waals surface area contributed by atoms with Crippen LogP contribution in [0.25, 0.3) is 21.1 Å². The van der Waals surface area contributed by atoms with Gasteiger partial charge in [0.15, 0.2) is 0 Å². The van der Waals surface area contributed by atoms with E-state index in [1.807, 2.05) is 33.2 Å². The molecule has 0 unspecified atom stereocenters. The van der Waals surface area contributed by atoms with Gasteiger partial charge in [-0.15, -0.1) is 11.3 Å². The Morgan fingerprint density at radius 3 is 3.03 bits per heavy atom. The molecule has 5 rings (SSSR count). The number of carbonyl (C=O) groups excluding carboxylic acids is 1. The number of rotatable bonds is 6. The zero-order valence-electron chi connectivity index (χ0n) is 18.9. The third-order valence-electron chi connectivity index (χ3n) is 6.09. The van der Waals surface area contributed by atoms with Crippen LogP contribution in [0.2, 0.25) is 0 Å². The molecule has 9 nitrogen and oxygen atoms in total. The molecule has 1 aromatic carbocycles. The van der Waals surface area contributed by atoms with Gasteiger partial charge in [0.25, 0.3) is 0 Å². The first-order valence-electron chi connectivity index (χ1n) is 11.0. The molecule has 33 heavy (non-hydrogen) atoms. The van der Waals surface area contributed by atoms with Crippen molar-refractivity contribution in [2.45, 2.75) is 32.3 Å². The van der Waals surface area contributed by atoms with Crippen molar-refractivity contribution >= 4 is 49.9 Å². The summed E-state index contributed by atoms with van der Waals surface area (Å²) in [6.07, 6.45) is 5.62. The van der Waals surface area contributed by atoms with E-state index in [-0.39, 0.29) is 17.9 Å². The predicted molar refractivity (Wildman–Crippen MR) is 130 cm³/mol. The van der Waals surface area contributed by atoms with Crippen LogP contribution >= 0.6 is 11.3 Å². The highest BCUT2D eigenvalue weighted by Gasteiger charge is 2.30. The molecule has 1 amide bonds. The van der Waals surface area contributed by atoms with Crippen molar-refractivity contribution in [3.05, 3.63) is 35.1 Å². The van der Waals surface area contributed by atoms with Gasteiger partial charge in [0.05, 0.1) is 22.8 Å². The summed E-state index contributed by atoms with van der Waals surface area (Å²) in [4.78, 5) is 25.5. The van der Waals surface area contributed by atoms with Gasteiger partial charge in [-0.1, -0.05) is 0 Å². The van der Waals surface area contributed by atoms with E-state index in [9.17, 15) is 4.79 Å². The van der Waals surface area contributed by atoms with Gasteiger partial charge >= 0.3 is 0 Å². The van der Waals surface area contributed by atoms with E-state index in [0.29, 0.717) is 12.3 Å². The summed E-state index contributed by atoms with van der Waals surface area (Å²) < 4.78 is 6.10. The minimum Gasteiger partial charge on any atom is -0.487 e. The summed E-state index contributed by atoms with van der Waals surface area (Å²) in [7, 11) is 3.64. The van der Waals surface area contributed by atoms with Crippen LogP contribution in [-0.4, -0.2) is 57.7 Å². The molecular weight excluding hydrogens is 438 g/mol. The molecule has 0 radical (unpaired) electrons. The molecule has 0 saturated carbocycles. The summed E-state index contributed by atoms with van der Waals surface area (Å²) in [5, 5.41) is 12.6. The Morgan fingerprint density at radius 2 is 2.24 bits per heavy atom. The number of ether oxygens (including phenoxy) is 1. The molecule has 10 heteroatoms. The Hall–Kier alpha value is -3.24. The average Bonchev–Trinajstić information content (AvgIpc) is 3.42. The second-order valence-electron chi connectivity index (χ2n) is 8.67. The molecule has 1 aliphatic carbocycles. The zero-order valence-corrected chi connectivity index (χ0v) is 19.7. The molecule has 0 saturated heterocycles. The molecule has 4 N–H and O–H groups in total. The normalized spacial score (nSPS) is 16.5. The molecule has 172 valence electrons. The number of hydrogen-bond acceptors (Lipinski definition) is 8. The van der Waals surface area contributed by atoms with Crippen molar-refractivity contribution in [1.29, 1.82) is 0 Å². The van der Waals surface area contributed by atoms with E-state index in [4.69, 9.17) is 10.5 Å². The fourth-order valence-corrected chi connectivity index (χ4v) is 5.61. The topological polar surface area (TPSA) is 122 Å². The summed E-state index contributed by atoms with van der Waals surface area (Å²) in [5.41, 5.74) is 8.71. The number of anilines is 2. The molecule has 1 aliphatic rings. The van der Waals surface area contributed by atoms with Crippen LogP contribution in [0.15, 0.2) is 24.7 Å². The lowest BCUT2D eigenvalue weighted by atomic mass is 9.87. The fraction of sp³-hybridized carbons (Fsp3) is 0.391. The molecule has 4 aromatic rings. The Morgan fingerprint density at radius 1 is 1.39 bits per heavy atom. The third kappa shape index (κ3) is 4.00. The minimum absolute atomic E-state index is 0.0196. The van der Waals surface area contributed by atoms with E-state index in [1.165, 1.54) is 10.4 Å². The van der Waals surface area contributed by atoms with E-state index < -0.39 is 0 Å². The second-order valence-corrected chi connectivity index (χ2v) is 9.76. The first-order valence-corrected chi connectivity index (χ1v) is 11.8. The van der Waals surface area contributed by atoms with Crippen LogP contribution in [0.3, 0.4) is 0 Å². The van der Waals surface area contributed by atoms with Crippen molar-refractivity contribution in [3.8, 4) is 5.75 Å². The highest BCUT2D eigenvalue weighted by Crippen LogP contribution is 2.42. The van der Waals surface area contributed by atoms with Crippen LogP contribution in [0.1, 0.15) is 23.8 Å². The molecular formula is C23H27N7O2S. The standard InChI is InChI=1S/C23H27N7O2S/c1-12(9-24)32-18-8-16-14(10-27-29-16)6-17(18)28-21-20-15-5-4-13(23(31)30(2)3)7-19(15)33-22(20)26-11-25-21/h6,8,10-13H,4-5,7,9,24H2,1-3H3,(H,27,29)(H,25,26,28)/t12-,13-/m0/s1. The lowest BCUT2D eigenvalue weighted by Crippen LogP contribution is -2.32. The largest absolute Gasteiger partial charge is 0.487 e. The Kier molecular flexibility index (Phi) is 5.63. The number of aryl methyl sites for hydroxylation is 1. The number of carbonyl (C=O) groups is 1. The number of aromatic amines is 1. The number of nitrogens with two attached hydrogens (primary N) is 1. The number of H-pyrrole nitrogens is 1. The van der Waals surface area contributed by atoms with Crippen molar-refractivity contribution in [3.63, 3.8) is 0 Å². The Labute approximate surface area is 195 Å².